The number of methoxy groups -OCH3 is 1. The number of hydrogen-bond donors (Lipinski definition) is 2. The molecule has 0 bridgehead atoms. The van der Waals surface area contributed by atoms with Gasteiger partial charge >= 0.3 is 0 Å². The number of nitrogens with two attached hydrogens (primary N) is 1. The number of sulfonamides is 1. The largest absolute Gasteiger partial charge is 0.493 e. The summed E-state index contributed by atoms with van der Waals surface area (Å²) in [7, 11) is -2.58. The van der Waals surface area contributed by atoms with Gasteiger partial charge in [0, 0.05) is 12.3 Å². The van der Waals surface area contributed by atoms with Gasteiger partial charge in [0.1, 0.15) is 11.6 Å². The number of anilines is 2. The second-order valence-corrected chi connectivity index (χ2v) is 8.67. The number of carbonyl (C=O) groups excluding carboxylic acids is 1. The van der Waals surface area contributed by atoms with Gasteiger partial charge < -0.3 is 15.8 Å². The first-order chi connectivity index (χ1) is 14.1. The Morgan fingerprint density at radius 1 is 1.27 bits per heavy atom. The van der Waals surface area contributed by atoms with Crippen molar-refractivity contribution < 1.29 is 26.7 Å². The molecule has 2 aromatic rings. The van der Waals surface area contributed by atoms with Crippen LogP contribution in [0.15, 0.2) is 18.3 Å². The fourth-order valence-corrected chi connectivity index (χ4v) is 4.51. The highest BCUT2D eigenvalue weighted by Crippen LogP contribution is 2.29. The van der Waals surface area contributed by atoms with Crippen molar-refractivity contribution in [3.63, 3.8) is 0 Å². The Kier molecular flexibility index (Phi) is 6.17. The van der Waals surface area contributed by atoms with E-state index in [0.717, 1.165) is 29.9 Å². The highest BCUT2D eigenvalue weighted by molar-refractivity contribution is 7.92. The van der Waals surface area contributed by atoms with Crippen LogP contribution in [0, 0.1) is 11.6 Å². The van der Waals surface area contributed by atoms with Gasteiger partial charge in [-0.25, -0.2) is 26.5 Å². The van der Waals surface area contributed by atoms with Crippen LogP contribution in [0.1, 0.15) is 28.8 Å². The van der Waals surface area contributed by atoms with Gasteiger partial charge in [-0.2, -0.15) is 4.98 Å². The summed E-state index contributed by atoms with van der Waals surface area (Å²) in [6.45, 7) is 1.27. The van der Waals surface area contributed by atoms with E-state index in [0.29, 0.717) is 32.0 Å². The first-order valence-corrected chi connectivity index (χ1v) is 10.9. The highest BCUT2D eigenvalue weighted by atomic mass is 32.2. The van der Waals surface area contributed by atoms with Gasteiger partial charge in [0.15, 0.2) is 11.6 Å². The smallest absolute Gasteiger partial charge is 0.241 e. The maximum absolute atomic E-state index is 13.9. The average Bonchev–Trinajstić information content (AvgIpc) is 2.67. The maximum Gasteiger partial charge on any atom is 0.241 e. The van der Waals surface area contributed by atoms with Crippen molar-refractivity contribution in [3.05, 3.63) is 41.1 Å². The molecule has 0 aliphatic carbocycles. The third-order valence-corrected chi connectivity index (χ3v) is 5.88. The van der Waals surface area contributed by atoms with E-state index >= 15 is 0 Å². The van der Waals surface area contributed by atoms with E-state index in [1.165, 1.54) is 0 Å². The molecule has 1 saturated heterocycles. The van der Waals surface area contributed by atoms with Gasteiger partial charge in [-0.3, -0.25) is 4.79 Å². The van der Waals surface area contributed by atoms with Crippen LogP contribution in [0.25, 0.3) is 0 Å². The van der Waals surface area contributed by atoms with Gasteiger partial charge in [0.25, 0.3) is 0 Å². The Morgan fingerprint density at radius 2 is 1.93 bits per heavy atom. The molecule has 1 fully saturated rings. The van der Waals surface area contributed by atoms with E-state index in [1.807, 2.05) is 0 Å². The van der Waals surface area contributed by atoms with E-state index in [-0.39, 0.29) is 23.4 Å². The Labute approximate surface area is 172 Å². The van der Waals surface area contributed by atoms with Crippen molar-refractivity contribution in [2.45, 2.75) is 18.9 Å². The second kappa shape index (κ2) is 8.48. The van der Waals surface area contributed by atoms with Crippen molar-refractivity contribution in [1.29, 1.82) is 0 Å². The van der Waals surface area contributed by atoms with Crippen molar-refractivity contribution in [2.24, 2.45) is 0 Å². The predicted octanol–water partition coefficient (Wildman–Crippen LogP) is 1.09. The zero-order chi connectivity index (χ0) is 22.1. The van der Waals surface area contributed by atoms with Crippen LogP contribution in [0.3, 0.4) is 0 Å². The normalized spacial score (nSPS) is 15.1. The molecule has 1 aromatic carbocycles. The zero-order valence-electron chi connectivity index (χ0n) is 16.4. The molecule has 0 amide bonds. The number of ether oxygens (including phenoxy) is 1. The molecule has 12 heteroatoms. The lowest BCUT2D eigenvalue weighted by Crippen LogP contribution is -2.46. The number of piperidine rings is 1. The molecule has 2 heterocycles. The standard InChI is InChI=1S/C18H21F2N5O4S/c1-29-16-12(7-10(19)8-14(16)20)15(26)13-9-23-18(24-17(13)21)25(30(2,27)28)11-3-5-22-6-4-11/h7-9,11,22H,3-6H2,1-2H3,(H2,21,23,24). The lowest BCUT2D eigenvalue weighted by atomic mass is 10.0. The molecule has 0 radical (unpaired) electrons. The molecular formula is C18H21F2N5O4S. The van der Waals surface area contributed by atoms with E-state index in [1.54, 1.807) is 0 Å². The molecule has 1 aliphatic heterocycles. The van der Waals surface area contributed by atoms with E-state index in [9.17, 15) is 22.0 Å². The topological polar surface area (TPSA) is 128 Å². The monoisotopic (exact) mass is 441 g/mol. The number of nitrogens with one attached hydrogen (secondary N) is 1. The van der Waals surface area contributed by atoms with Crippen molar-refractivity contribution in [1.82, 2.24) is 15.3 Å². The molecule has 3 N–H and O–H groups in total. The fraction of sp³-hybridized carbons (Fsp3) is 0.389. The van der Waals surface area contributed by atoms with Gasteiger partial charge in [0.2, 0.25) is 21.8 Å². The second-order valence-electron chi connectivity index (χ2n) is 6.81. The Hall–Kier alpha value is -2.86. The first-order valence-electron chi connectivity index (χ1n) is 9.04. The number of carbonyl (C=O) groups is 1. The van der Waals surface area contributed by atoms with Gasteiger partial charge in [-0.05, 0) is 32.0 Å². The number of benzene rings is 1. The lowest BCUT2D eigenvalue weighted by Gasteiger charge is -2.32. The number of halogens is 2. The molecule has 1 aromatic heterocycles. The van der Waals surface area contributed by atoms with Crippen molar-refractivity contribution in [2.75, 3.05) is 36.5 Å². The fourth-order valence-electron chi connectivity index (χ4n) is 3.37. The summed E-state index contributed by atoms with van der Waals surface area (Å²) in [4.78, 5) is 20.8. The minimum absolute atomic E-state index is 0.171. The summed E-state index contributed by atoms with van der Waals surface area (Å²) in [6.07, 6.45) is 3.18. The Morgan fingerprint density at radius 3 is 2.50 bits per heavy atom. The third-order valence-electron chi connectivity index (χ3n) is 4.70. The lowest BCUT2D eigenvalue weighted by molar-refractivity contribution is 0.103. The molecule has 162 valence electrons. The predicted molar refractivity (Wildman–Crippen MR) is 106 cm³/mol. The van der Waals surface area contributed by atoms with E-state index in [4.69, 9.17) is 10.5 Å². The van der Waals surface area contributed by atoms with Crippen molar-refractivity contribution in [3.8, 4) is 5.75 Å². The molecule has 30 heavy (non-hydrogen) atoms. The average molecular weight is 441 g/mol. The van der Waals surface area contributed by atoms with Gasteiger partial charge in [-0.15, -0.1) is 0 Å². The van der Waals surface area contributed by atoms with E-state index < -0.39 is 38.8 Å². The van der Waals surface area contributed by atoms with Crippen LogP contribution in [-0.4, -0.2) is 56.7 Å². The number of aromatic nitrogens is 2. The summed E-state index contributed by atoms with van der Waals surface area (Å²) < 4.78 is 58.2. The number of ketones is 1. The summed E-state index contributed by atoms with van der Waals surface area (Å²) in [5, 5.41) is 3.14. The maximum atomic E-state index is 13.9. The number of hydrogen-bond acceptors (Lipinski definition) is 8. The van der Waals surface area contributed by atoms with Crippen LogP contribution in [0.4, 0.5) is 20.5 Å². The molecule has 9 nitrogen and oxygen atoms in total. The van der Waals surface area contributed by atoms with Crippen LogP contribution in [0.5, 0.6) is 5.75 Å². The third kappa shape index (κ3) is 4.33. The van der Waals surface area contributed by atoms with Crippen LogP contribution < -0.4 is 20.1 Å². The molecule has 0 unspecified atom stereocenters. The molecular weight excluding hydrogens is 420 g/mol. The zero-order valence-corrected chi connectivity index (χ0v) is 17.2. The molecule has 3 rings (SSSR count). The molecule has 0 saturated carbocycles. The molecule has 1 aliphatic rings. The molecule has 0 atom stereocenters. The van der Waals surface area contributed by atoms with Gasteiger partial charge in [-0.1, -0.05) is 0 Å². The number of nitrogens with zero attached hydrogens (tertiary/aromatic N) is 3. The number of nitrogen functional groups attached to an aromatic ring is 1. The minimum Gasteiger partial charge on any atom is -0.493 e. The highest BCUT2D eigenvalue weighted by Gasteiger charge is 2.31. The van der Waals surface area contributed by atoms with Crippen LogP contribution in [-0.2, 0) is 10.0 Å². The van der Waals surface area contributed by atoms with Crippen molar-refractivity contribution >= 4 is 27.6 Å². The SMILES string of the molecule is COc1c(F)cc(F)cc1C(=O)c1cnc(N(C2CCNCC2)S(C)(=O)=O)nc1N. The van der Waals surface area contributed by atoms with E-state index in [2.05, 4.69) is 15.3 Å². The van der Waals surface area contributed by atoms with Gasteiger partial charge in [0.05, 0.1) is 30.5 Å². The minimum atomic E-state index is -3.72. The number of rotatable bonds is 6. The Balaban J connectivity index is 2.02. The van der Waals surface area contributed by atoms with Crippen LogP contribution in [0.2, 0.25) is 0 Å². The Bertz CT molecular complexity index is 1070. The molecule has 0 spiro atoms. The van der Waals surface area contributed by atoms with Crippen LogP contribution >= 0.6 is 0 Å². The first kappa shape index (κ1) is 21.8. The summed E-state index contributed by atoms with van der Waals surface area (Å²) in [5.74, 6) is -3.82. The summed E-state index contributed by atoms with van der Waals surface area (Å²) in [5.41, 5.74) is 5.28. The summed E-state index contributed by atoms with van der Waals surface area (Å²) in [6, 6.07) is 1.04. The quantitative estimate of drug-likeness (QED) is 0.638. The summed E-state index contributed by atoms with van der Waals surface area (Å²) >= 11 is 0.